The molecule has 0 aliphatic rings. The van der Waals surface area contributed by atoms with Crippen LogP contribution in [0.5, 0.6) is 0 Å². The quantitative estimate of drug-likeness (QED) is 0.733. The molecule has 0 heterocycles. The van der Waals surface area contributed by atoms with Crippen molar-refractivity contribution in [3.63, 3.8) is 0 Å². The molecule has 0 aliphatic carbocycles. The number of nitrogens with one attached hydrogen (secondary N) is 2. The highest BCUT2D eigenvalue weighted by Crippen LogP contribution is 2.30. The van der Waals surface area contributed by atoms with E-state index in [1.807, 2.05) is 0 Å². The summed E-state index contributed by atoms with van der Waals surface area (Å²) in [5.41, 5.74) is 0.151. The molecule has 2 N–H and O–H groups in total. The van der Waals surface area contributed by atoms with Gasteiger partial charge in [-0.25, -0.2) is 0 Å². The minimum Gasteiger partial charge on any atom is -0.325 e. The number of hydrogen-bond donors (Lipinski definition) is 2. The molecule has 2 aromatic rings. The van der Waals surface area contributed by atoms with Gasteiger partial charge in [-0.05, 0) is 42.0 Å². The number of hydrogen-bond acceptors (Lipinski definition) is 2. The lowest BCUT2D eigenvalue weighted by molar-refractivity contribution is -0.137. The van der Waals surface area contributed by atoms with Crippen LogP contribution in [0.1, 0.15) is 18.1 Å². The Bertz CT molecular complexity index is 864. The van der Waals surface area contributed by atoms with Crippen LogP contribution in [0.4, 0.5) is 24.5 Å². The van der Waals surface area contributed by atoms with Crippen molar-refractivity contribution in [2.24, 2.45) is 0 Å². The van der Waals surface area contributed by atoms with Gasteiger partial charge >= 0.3 is 6.18 Å². The Morgan fingerprint density at radius 1 is 1.08 bits per heavy atom. The van der Waals surface area contributed by atoms with Crippen LogP contribution < -0.4 is 10.6 Å². The van der Waals surface area contributed by atoms with Gasteiger partial charge in [-0.3, -0.25) is 9.59 Å². The highest BCUT2D eigenvalue weighted by atomic mass is 35.5. The van der Waals surface area contributed by atoms with Crippen molar-refractivity contribution in [3.05, 3.63) is 64.7 Å². The molecule has 0 spiro atoms. The summed E-state index contributed by atoms with van der Waals surface area (Å²) in [7, 11) is 0. The van der Waals surface area contributed by atoms with Crippen molar-refractivity contribution in [2.45, 2.75) is 13.1 Å². The number of halogens is 4. The van der Waals surface area contributed by atoms with Crippen molar-refractivity contribution in [1.29, 1.82) is 0 Å². The van der Waals surface area contributed by atoms with E-state index in [9.17, 15) is 22.8 Å². The first kappa shape index (κ1) is 19.5. The fourth-order valence-corrected chi connectivity index (χ4v) is 2.23. The van der Waals surface area contributed by atoms with Crippen LogP contribution in [0.3, 0.4) is 0 Å². The van der Waals surface area contributed by atoms with Crippen LogP contribution in [-0.2, 0) is 15.8 Å². The maximum atomic E-state index is 12.7. The van der Waals surface area contributed by atoms with E-state index in [0.29, 0.717) is 16.4 Å². The molecule has 0 saturated carbocycles. The van der Waals surface area contributed by atoms with Crippen LogP contribution in [0.2, 0.25) is 5.02 Å². The van der Waals surface area contributed by atoms with Crippen molar-refractivity contribution in [3.8, 4) is 0 Å². The second kappa shape index (κ2) is 8.05. The molecule has 2 amide bonds. The summed E-state index contributed by atoms with van der Waals surface area (Å²) in [5.74, 6) is -0.863. The van der Waals surface area contributed by atoms with E-state index in [-0.39, 0.29) is 11.5 Å². The van der Waals surface area contributed by atoms with Crippen LogP contribution in [0.15, 0.2) is 48.5 Å². The van der Waals surface area contributed by atoms with Crippen LogP contribution >= 0.6 is 11.6 Å². The number of alkyl halides is 3. The number of carbonyl (C=O) groups excluding carboxylic acids is 2. The average molecular weight is 383 g/mol. The van der Waals surface area contributed by atoms with Crippen LogP contribution in [-0.4, -0.2) is 11.8 Å². The second-order valence-electron chi connectivity index (χ2n) is 5.32. The SMILES string of the molecule is CC(=O)Nc1cc(NC(=O)C=Cc2cccc(C(F)(F)F)c2)ccc1Cl. The topological polar surface area (TPSA) is 58.2 Å². The predicted octanol–water partition coefficient (Wildman–Crippen LogP) is 4.97. The molecule has 0 fully saturated rings. The minimum atomic E-state index is -4.45. The van der Waals surface area contributed by atoms with Crippen molar-refractivity contribution in [2.75, 3.05) is 10.6 Å². The molecule has 2 aromatic carbocycles. The van der Waals surface area contributed by atoms with Gasteiger partial charge in [0.2, 0.25) is 11.8 Å². The van der Waals surface area contributed by atoms with Gasteiger partial charge in [0.05, 0.1) is 16.3 Å². The molecule has 0 unspecified atom stereocenters. The molecular formula is C18H14ClF3N2O2. The molecule has 4 nitrogen and oxygen atoms in total. The first-order valence-electron chi connectivity index (χ1n) is 7.38. The molecule has 0 bridgehead atoms. The highest BCUT2D eigenvalue weighted by Gasteiger charge is 2.30. The molecule has 8 heteroatoms. The van der Waals surface area contributed by atoms with Crippen LogP contribution in [0.25, 0.3) is 6.08 Å². The summed E-state index contributed by atoms with van der Waals surface area (Å²) in [5, 5.41) is 5.36. The number of amides is 2. The maximum Gasteiger partial charge on any atom is 0.416 e. The summed E-state index contributed by atoms with van der Waals surface area (Å²) in [6, 6.07) is 9.12. The Kier molecular flexibility index (Phi) is 6.05. The number of rotatable bonds is 4. The van der Waals surface area contributed by atoms with E-state index in [4.69, 9.17) is 11.6 Å². The Hall–Kier alpha value is -2.80. The average Bonchev–Trinajstić information content (AvgIpc) is 2.55. The molecule has 26 heavy (non-hydrogen) atoms. The lowest BCUT2D eigenvalue weighted by atomic mass is 10.1. The van der Waals surface area contributed by atoms with E-state index in [2.05, 4.69) is 10.6 Å². The fourth-order valence-electron chi connectivity index (χ4n) is 2.06. The maximum absolute atomic E-state index is 12.7. The lowest BCUT2D eigenvalue weighted by Crippen LogP contribution is -2.10. The van der Waals surface area contributed by atoms with Gasteiger partial charge < -0.3 is 10.6 Å². The Labute approximate surface area is 152 Å². The van der Waals surface area contributed by atoms with Gasteiger partial charge in [0.15, 0.2) is 0 Å². The lowest BCUT2D eigenvalue weighted by Gasteiger charge is -2.08. The third-order valence-corrected chi connectivity index (χ3v) is 3.52. The van der Waals surface area contributed by atoms with Crippen molar-refractivity contribution in [1.82, 2.24) is 0 Å². The number of anilines is 2. The second-order valence-corrected chi connectivity index (χ2v) is 5.73. The number of carbonyl (C=O) groups is 2. The summed E-state index contributed by atoms with van der Waals surface area (Å²) < 4.78 is 38.0. The molecular weight excluding hydrogens is 369 g/mol. The van der Waals surface area contributed by atoms with E-state index in [1.54, 1.807) is 0 Å². The Balaban J connectivity index is 2.09. The third kappa shape index (κ3) is 5.63. The third-order valence-electron chi connectivity index (χ3n) is 3.19. The highest BCUT2D eigenvalue weighted by molar-refractivity contribution is 6.33. The van der Waals surface area contributed by atoms with Gasteiger partial charge in [-0.15, -0.1) is 0 Å². The molecule has 0 aromatic heterocycles. The van der Waals surface area contributed by atoms with Crippen molar-refractivity contribution >= 4 is 40.9 Å². The van der Waals surface area contributed by atoms with Crippen LogP contribution in [0, 0.1) is 0 Å². The normalized spacial score (nSPS) is 11.4. The summed E-state index contributed by atoms with van der Waals surface area (Å²) in [6.45, 7) is 1.32. The zero-order chi connectivity index (χ0) is 19.3. The molecule has 0 radical (unpaired) electrons. The first-order chi connectivity index (χ1) is 12.1. The summed E-state index contributed by atoms with van der Waals surface area (Å²) in [6.07, 6.45) is -2.06. The van der Waals surface area contributed by atoms with Gasteiger partial charge in [0, 0.05) is 18.7 Å². The summed E-state index contributed by atoms with van der Waals surface area (Å²) >= 11 is 5.94. The Morgan fingerprint density at radius 2 is 1.81 bits per heavy atom. The van der Waals surface area contributed by atoms with E-state index in [0.717, 1.165) is 18.2 Å². The molecule has 0 aliphatic heterocycles. The monoisotopic (exact) mass is 382 g/mol. The first-order valence-corrected chi connectivity index (χ1v) is 7.76. The van der Waals surface area contributed by atoms with Crippen molar-refractivity contribution < 1.29 is 22.8 Å². The largest absolute Gasteiger partial charge is 0.416 e. The minimum absolute atomic E-state index is 0.241. The summed E-state index contributed by atoms with van der Waals surface area (Å²) in [4.78, 5) is 23.1. The van der Waals surface area contributed by atoms with Gasteiger partial charge in [-0.1, -0.05) is 23.7 Å². The molecule has 136 valence electrons. The molecule has 0 atom stereocenters. The fraction of sp³-hybridized carbons (Fsp3) is 0.111. The van der Waals surface area contributed by atoms with Gasteiger partial charge in [0.25, 0.3) is 0 Å². The van der Waals surface area contributed by atoms with Gasteiger partial charge in [0.1, 0.15) is 0 Å². The Morgan fingerprint density at radius 3 is 2.46 bits per heavy atom. The smallest absolute Gasteiger partial charge is 0.325 e. The number of benzene rings is 2. The zero-order valence-electron chi connectivity index (χ0n) is 13.5. The predicted molar refractivity (Wildman–Crippen MR) is 94.9 cm³/mol. The van der Waals surface area contributed by atoms with E-state index >= 15 is 0 Å². The zero-order valence-corrected chi connectivity index (χ0v) is 14.3. The van der Waals surface area contributed by atoms with Gasteiger partial charge in [-0.2, -0.15) is 13.2 Å². The van der Waals surface area contributed by atoms with E-state index in [1.165, 1.54) is 43.3 Å². The molecule has 2 rings (SSSR count). The standard InChI is InChI=1S/C18H14ClF3N2O2/c1-11(25)23-16-10-14(6-7-15(16)19)24-17(26)8-5-12-3-2-4-13(9-12)18(20,21)22/h2-10H,1H3,(H,23,25)(H,24,26). The van der Waals surface area contributed by atoms with E-state index < -0.39 is 17.6 Å². The molecule has 0 saturated heterocycles.